The Morgan fingerprint density at radius 3 is 3.00 bits per heavy atom. The van der Waals surface area contributed by atoms with Crippen LogP contribution in [0, 0.1) is 0 Å². The van der Waals surface area contributed by atoms with Crippen LogP contribution in [-0.4, -0.2) is 4.98 Å². The highest BCUT2D eigenvalue weighted by Crippen LogP contribution is 2.17. The molecule has 1 aromatic heterocycles. The molecule has 1 atom stereocenters. The number of hydrogen-bond donors (Lipinski definition) is 1. The van der Waals surface area contributed by atoms with Crippen LogP contribution in [0.3, 0.4) is 0 Å². The van der Waals surface area contributed by atoms with Crippen molar-refractivity contribution in [1.29, 1.82) is 0 Å². The zero-order valence-corrected chi connectivity index (χ0v) is 9.42. The number of unbranched alkanes of at least 4 members (excludes halogenated alkanes) is 1. The number of pyridine rings is 1. The van der Waals surface area contributed by atoms with Crippen LogP contribution in [0.4, 0.5) is 0 Å². The topological polar surface area (TPSA) is 38.9 Å². The smallest absolute Gasteiger partial charge is 0.0582 e. The van der Waals surface area contributed by atoms with Gasteiger partial charge < -0.3 is 5.73 Å². The highest BCUT2D eigenvalue weighted by Gasteiger charge is 2.06. The molecule has 0 aliphatic rings. The summed E-state index contributed by atoms with van der Waals surface area (Å²) >= 11 is 3.40. The maximum absolute atomic E-state index is 5.97. The van der Waals surface area contributed by atoms with Gasteiger partial charge in [0, 0.05) is 16.7 Å². The Labute approximate surface area is 87.7 Å². The van der Waals surface area contributed by atoms with Crippen molar-refractivity contribution in [3.05, 3.63) is 28.5 Å². The number of halogens is 1. The van der Waals surface area contributed by atoms with Crippen molar-refractivity contribution in [3.8, 4) is 0 Å². The summed E-state index contributed by atoms with van der Waals surface area (Å²) in [5.41, 5.74) is 6.94. The van der Waals surface area contributed by atoms with Gasteiger partial charge in [0.15, 0.2) is 0 Å². The highest BCUT2D eigenvalue weighted by atomic mass is 79.9. The van der Waals surface area contributed by atoms with Crippen LogP contribution in [0.2, 0.25) is 0 Å². The molecule has 3 heteroatoms. The second kappa shape index (κ2) is 5.35. The molecule has 0 amide bonds. The van der Waals surface area contributed by atoms with Gasteiger partial charge in [-0.2, -0.15) is 0 Å². The van der Waals surface area contributed by atoms with Crippen molar-refractivity contribution in [2.24, 2.45) is 5.73 Å². The van der Waals surface area contributed by atoms with E-state index < -0.39 is 0 Å². The van der Waals surface area contributed by atoms with Gasteiger partial charge in [-0.1, -0.05) is 35.7 Å². The summed E-state index contributed by atoms with van der Waals surface area (Å²) in [5, 5.41) is 0. The van der Waals surface area contributed by atoms with Crippen LogP contribution in [-0.2, 0) is 0 Å². The Balaban J connectivity index is 2.60. The Morgan fingerprint density at radius 2 is 2.38 bits per heavy atom. The molecule has 0 saturated heterocycles. The lowest BCUT2D eigenvalue weighted by Crippen LogP contribution is -2.11. The highest BCUT2D eigenvalue weighted by molar-refractivity contribution is 9.10. The van der Waals surface area contributed by atoms with Crippen molar-refractivity contribution in [2.45, 2.75) is 32.2 Å². The Bertz CT molecular complexity index is 263. The van der Waals surface area contributed by atoms with Gasteiger partial charge in [-0.05, 0) is 18.6 Å². The van der Waals surface area contributed by atoms with E-state index >= 15 is 0 Å². The molecule has 0 aliphatic carbocycles. The minimum Gasteiger partial charge on any atom is -0.323 e. The van der Waals surface area contributed by atoms with Gasteiger partial charge in [-0.25, -0.2) is 0 Å². The molecule has 0 unspecified atom stereocenters. The van der Waals surface area contributed by atoms with E-state index in [1.807, 2.05) is 12.1 Å². The molecular weight excluding hydrogens is 228 g/mol. The van der Waals surface area contributed by atoms with E-state index in [1.54, 1.807) is 6.20 Å². The predicted molar refractivity (Wildman–Crippen MR) is 58.4 cm³/mol. The molecule has 0 aromatic carbocycles. The standard InChI is InChI=1S/C10H15BrN2/c1-2-3-4-9(12)10-7-8(11)5-6-13-10/h5-7,9H,2-4,12H2,1H3/t9-/m1/s1. The molecular formula is C10H15BrN2. The first-order valence-electron chi connectivity index (χ1n) is 4.61. The van der Waals surface area contributed by atoms with E-state index in [2.05, 4.69) is 27.8 Å². The summed E-state index contributed by atoms with van der Waals surface area (Å²) in [6.07, 6.45) is 5.14. The van der Waals surface area contributed by atoms with E-state index in [0.29, 0.717) is 0 Å². The van der Waals surface area contributed by atoms with Crippen molar-refractivity contribution < 1.29 is 0 Å². The van der Waals surface area contributed by atoms with Crippen molar-refractivity contribution >= 4 is 15.9 Å². The quantitative estimate of drug-likeness (QED) is 0.882. The molecule has 0 saturated carbocycles. The Kier molecular flexibility index (Phi) is 4.39. The fraction of sp³-hybridized carbons (Fsp3) is 0.500. The van der Waals surface area contributed by atoms with Crippen molar-refractivity contribution in [3.63, 3.8) is 0 Å². The monoisotopic (exact) mass is 242 g/mol. The molecule has 2 N–H and O–H groups in total. The van der Waals surface area contributed by atoms with Gasteiger partial charge in [0.1, 0.15) is 0 Å². The van der Waals surface area contributed by atoms with Gasteiger partial charge in [-0.3, -0.25) is 4.98 Å². The Morgan fingerprint density at radius 1 is 1.62 bits per heavy atom. The fourth-order valence-corrected chi connectivity index (χ4v) is 1.55. The largest absolute Gasteiger partial charge is 0.323 e. The average molecular weight is 243 g/mol. The number of nitrogens with two attached hydrogens (primary N) is 1. The second-order valence-electron chi connectivity index (χ2n) is 3.15. The van der Waals surface area contributed by atoms with E-state index in [-0.39, 0.29) is 6.04 Å². The minimum absolute atomic E-state index is 0.0810. The molecule has 0 bridgehead atoms. The van der Waals surface area contributed by atoms with E-state index in [4.69, 9.17) is 5.73 Å². The van der Waals surface area contributed by atoms with Crippen LogP contribution < -0.4 is 5.73 Å². The average Bonchev–Trinajstić information content (AvgIpc) is 2.14. The molecule has 0 spiro atoms. The molecule has 72 valence electrons. The number of nitrogens with zero attached hydrogens (tertiary/aromatic N) is 1. The Hall–Kier alpha value is -0.410. The van der Waals surface area contributed by atoms with Crippen molar-refractivity contribution in [1.82, 2.24) is 4.98 Å². The van der Waals surface area contributed by atoms with Crippen LogP contribution in [0.25, 0.3) is 0 Å². The lowest BCUT2D eigenvalue weighted by molar-refractivity contribution is 0.590. The van der Waals surface area contributed by atoms with E-state index in [0.717, 1.165) is 23.0 Å². The van der Waals surface area contributed by atoms with Gasteiger partial charge in [-0.15, -0.1) is 0 Å². The summed E-state index contributed by atoms with van der Waals surface area (Å²) in [6, 6.07) is 3.98. The van der Waals surface area contributed by atoms with E-state index in [9.17, 15) is 0 Å². The summed E-state index contributed by atoms with van der Waals surface area (Å²) in [5.74, 6) is 0. The molecule has 1 aromatic rings. The predicted octanol–water partition coefficient (Wildman–Crippen LogP) is 3.03. The minimum atomic E-state index is 0.0810. The second-order valence-corrected chi connectivity index (χ2v) is 4.06. The molecule has 2 nitrogen and oxygen atoms in total. The molecule has 0 aliphatic heterocycles. The SMILES string of the molecule is CCCC[C@@H](N)c1cc(Br)ccn1. The zero-order chi connectivity index (χ0) is 9.68. The van der Waals surface area contributed by atoms with Crippen LogP contribution in [0.1, 0.15) is 37.9 Å². The number of aromatic nitrogens is 1. The van der Waals surface area contributed by atoms with Gasteiger partial charge >= 0.3 is 0 Å². The molecule has 1 rings (SSSR count). The third-order valence-corrected chi connectivity index (χ3v) is 2.48. The maximum Gasteiger partial charge on any atom is 0.0582 e. The normalized spacial score (nSPS) is 12.8. The summed E-state index contributed by atoms with van der Waals surface area (Å²) in [6.45, 7) is 2.17. The third-order valence-electron chi connectivity index (χ3n) is 1.99. The molecule has 0 fully saturated rings. The summed E-state index contributed by atoms with van der Waals surface area (Å²) in [4.78, 5) is 4.24. The zero-order valence-electron chi connectivity index (χ0n) is 7.83. The molecule has 13 heavy (non-hydrogen) atoms. The van der Waals surface area contributed by atoms with E-state index in [1.165, 1.54) is 6.42 Å². The van der Waals surface area contributed by atoms with Gasteiger partial charge in [0.25, 0.3) is 0 Å². The maximum atomic E-state index is 5.97. The van der Waals surface area contributed by atoms with Gasteiger partial charge in [0.2, 0.25) is 0 Å². The number of hydrogen-bond acceptors (Lipinski definition) is 2. The lowest BCUT2D eigenvalue weighted by Gasteiger charge is -2.09. The summed E-state index contributed by atoms with van der Waals surface area (Å²) < 4.78 is 1.05. The van der Waals surface area contributed by atoms with Crippen LogP contribution in [0.15, 0.2) is 22.8 Å². The van der Waals surface area contributed by atoms with Gasteiger partial charge in [0.05, 0.1) is 5.69 Å². The van der Waals surface area contributed by atoms with Crippen LogP contribution in [0.5, 0.6) is 0 Å². The fourth-order valence-electron chi connectivity index (χ4n) is 1.20. The lowest BCUT2D eigenvalue weighted by atomic mass is 10.1. The van der Waals surface area contributed by atoms with Crippen molar-refractivity contribution in [2.75, 3.05) is 0 Å². The molecule has 0 radical (unpaired) electrons. The first-order chi connectivity index (χ1) is 6.24. The third kappa shape index (κ3) is 3.44. The van der Waals surface area contributed by atoms with Crippen LogP contribution >= 0.6 is 15.9 Å². The molecule has 1 heterocycles. The summed E-state index contributed by atoms with van der Waals surface area (Å²) in [7, 11) is 0. The first kappa shape index (κ1) is 10.7. The number of rotatable bonds is 4. The first-order valence-corrected chi connectivity index (χ1v) is 5.40.